The van der Waals surface area contributed by atoms with Gasteiger partial charge in [0.1, 0.15) is 11.0 Å². The monoisotopic (exact) mass is 512 g/mol. The summed E-state index contributed by atoms with van der Waals surface area (Å²) in [6.07, 6.45) is 4.71. The third-order valence-corrected chi connectivity index (χ3v) is 7.63. The van der Waals surface area contributed by atoms with E-state index < -0.39 is 10.0 Å². The van der Waals surface area contributed by atoms with E-state index in [4.69, 9.17) is 4.74 Å². The van der Waals surface area contributed by atoms with Crippen LogP contribution in [-0.2, 0) is 17.1 Å². The van der Waals surface area contributed by atoms with Gasteiger partial charge in [-0.15, -0.1) is 0 Å². The number of sulfonamides is 1. The third kappa shape index (κ3) is 6.41. The Bertz CT molecular complexity index is 1310. The number of hydrogen-bond acceptors (Lipinski definition) is 7. The van der Waals surface area contributed by atoms with E-state index in [1.165, 1.54) is 17.1 Å². The van der Waals surface area contributed by atoms with E-state index in [0.717, 1.165) is 49.2 Å². The maximum Gasteiger partial charge on any atom is 0.267 e. The molecule has 1 aliphatic heterocycles. The van der Waals surface area contributed by atoms with Gasteiger partial charge in [0.2, 0.25) is 11.8 Å². The second kappa shape index (κ2) is 10.2. The Hall–Kier alpha value is -2.98. The van der Waals surface area contributed by atoms with Crippen molar-refractivity contribution in [3.63, 3.8) is 0 Å². The Morgan fingerprint density at radius 1 is 1.17 bits per heavy atom. The third-order valence-electron chi connectivity index (χ3n) is 6.35. The summed E-state index contributed by atoms with van der Waals surface area (Å²) in [5, 5.41) is 3.96. The topological polar surface area (TPSA) is 102 Å². The molecule has 3 aromatic rings. The van der Waals surface area contributed by atoms with E-state index in [2.05, 4.69) is 45.5 Å². The lowest BCUT2D eigenvalue weighted by molar-refractivity contribution is 0.186. The van der Waals surface area contributed by atoms with Gasteiger partial charge >= 0.3 is 0 Å². The van der Waals surface area contributed by atoms with Gasteiger partial charge in [-0.25, -0.2) is 18.1 Å². The minimum Gasteiger partial charge on any atom is -0.473 e. The van der Waals surface area contributed by atoms with Crippen molar-refractivity contribution in [2.24, 2.45) is 12.5 Å². The summed E-state index contributed by atoms with van der Waals surface area (Å²) in [6, 6.07) is 7.81. The molecule has 0 aliphatic carbocycles. The molecule has 1 fully saturated rings. The van der Waals surface area contributed by atoms with Gasteiger partial charge in [-0.2, -0.15) is 10.1 Å². The number of aryl methyl sites for hydroxylation is 3. The summed E-state index contributed by atoms with van der Waals surface area (Å²) in [5.74, 6) is 0.325. The van der Waals surface area contributed by atoms with E-state index in [9.17, 15) is 8.42 Å². The molecule has 0 bridgehead atoms. The summed E-state index contributed by atoms with van der Waals surface area (Å²) in [6.45, 7) is 13.6. The summed E-state index contributed by atoms with van der Waals surface area (Å²) in [7, 11) is -2.25. The number of hydrogen-bond donors (Lipinski definition) is 1. The molecule has 0 spiro atoms. The van der Waals surface area contributed by atoms with E-state index >= 15 is 0 Å². The molecule has 0 radical (unpaired) electrons. The van der Waals surface area contributed by atoms with E-state index in [1.54, 1.807) is 13.1 Å². The second-order valence-electron chi connectivity index (χ2n) is 10.8. The number of aromatic nitrogens is 4. The van der Waals surface area contributed by atoms with Gasteiger partial charge in [-0.1, -0.05) is 39.0 Å². The van der Waals surface area contributed by atoms with Gasteiger partial charge in [0, 0.05) is 38.0 Å². The number of likely N-dealkylation sites (tertiary alicyclic amines) is 1. The van der Waals surface area contributed by atoms with Crippen molar-refractivity contribution in [3.05, 3.63) is 47.8 Å². The highest BCUT2D eigenvalue weighted by Gasteiger charge is 2.26. The lowest BCUT2D eigenvalue weighted by Gasteiger charge is -2.23. The molecule has 0 amide bonds. The molecular weight excluding hydrogens is 476 g/mol. The molecule has 0 saturated carbocycles. The fourth-order valence-corrected chi connectivity index (χ4v) is 5.28. The standard InChI is InChI=1S/C26H36N6O3S/c1-18-8-7-9-19(2)24(18)22-14-23(35-20-10-12-32(16-20)13-11-26(3,4)5)29-25(28-22)30-36(33,34)21-15-27-31(6)17-21/h7-9,14-15,17,20H,10-13,16H2,1-6H3,(H,28,29,30). The van der Waals surface area contributed by atoms with Gasteiger partial charge in [0.15, 0.2) is 0 Å². The van der Waals surface area contributed by atoms with E-state index in [0.29, 0.717) is 11.6 Å². The van der Waals surface area contributed by atoms with Crippen LogP contribution in [-0.4, -0.2) is 58.8 Å². The second-order valence-corrected chi connectivity index (χ2v) is 12.5. The van der Waals surface area contributed by atoms with Crippen LogP contribution in [0.3, 0.4) is 0 Å². The maximum atomic E-state index is 13.0. The van der Waals surface area contributed by atoms with Crippen molar-refractivity contribution in [2.45, 2.75) is 58.5 Å². The van der Waals surface area contributed by atoms with Crippen LogP contribution in [0.1, 0.15) is 44.7 Å². The molecule has 194 valence electrons. The number of rotatable bonds is 8. The van der Waals surface area contributed by atoms with Crippen molar-refractivity contribution in [1.29, 1.82) is 0 Å². The Kier molecular flexibility index (Phi) is 7.38. The van der Waals surface area contributed by atoms with Gasteiger partial charge in [-0.05, 0) is 49.8 Å². The number of benzene rings is 1. The summed E-state index contributed by atoms with van der Waals surface area (Å²) in [4.78, 5) is 11.5. The van der Waals surface area contributed by atoms with Gasteiger partial charge in [0.05, 0.1) is 11.9 Å². The molecule has 2 aromatic heterocycles. The summed E-state index contributed by atoms with van der Waals surface area (Å²) >= 11 is 0. The first-order chi connectivity index (χ1) is 16.9. The largest absolute Gasteiger partial charge is 0.473 e. The molecule has 3 heterocycles. The number of nitrogens with one attached hydrogen (secondary N) is 1. The van der Waals surface area contributed by atoms with Gasteiger partial charge < -0.3 is 4.74 Å². The first kappa shape index (κ1) is 26.1. The van der Waals surface area contributed by atoms with Crippen molar-refractivity contribution in [1.82, 2.24) is 24.6 Å². The van der Waals surface area contributed by atoms with Crippen LogP contribution in [0.25, 0.3) is 11.3 Å². The number of nitrogens with zero attached hydrogens (tertiary/aromatic N) is 5. The predicted molar refractivity (Wildman–Crippen MR) is 141 cm³/mol. The Morgan fingerprint density at radius 2 is 1.89 bits per heavy atom. The van der Waals surface area contributed by atoms with Gasteiger partial charge in [0.25, 0.3) is 10.0 Å². The minimum atomic E-state index is -3.91. The molecule has 1 saturated heterocycles. The van der Waals surface area contributed by atoms with Crippen LogP contribution in [0, 0.1) is 19.3 Å². The zero-order chi connectivity index (χ0) is 26.1. The Morgan fingerprint density at radius 3 is 2.53 bits per heavy atom. The molecule has 1 atom stereocenters. The van der Waals surface area contributed by atoms with Crippen LogP contribution < -0.4 is 9.46 Å². The number of ether oxygens (including phenoxy) is 1. The summed E-state index contributed by atoms with van der Waals surface area (Å²) < 4.78 is 36.2. The highest BCUT2D eigenvalue weighted by Crippen LogP contribution is 2.30. The SMILES string of the molecule is Cc1cccc(C)c1-c1cc(OC2CCN(CCC(C)(C)C)C2)nc(NS(=O)(=O)c2cnn(C)c2)n1. The maximum absolute atomic E-state index is 13.0. The fraction of sp³-hybridized carbons (Fsp3) is 0.500. The van der Waals surface area contributed by atoms with Crippen LogP contribution >= 0.6 is 0 Å². The molecule has 10 heteroatoms. The zero-order valence-corrected chi connectivity index (χ0v) is 22.8. The molecule has 1 N–H and O–H groups in total. The van der Waals surface area contributed by atoms with E-state index in [1.807, 2.05) is 32.0 Å². The predicted octanol–water partition coefficient (Wildman–Crippen LogP) is 4.18. The first-order valence-electron chi connectivity index (χ1n) is 12.3. The Labute approximate surface area is 214 Å². The molecule has 1 aliphatic rings. The van der Waals surface area contributed by atoms with Crippen molar-refractivity contribution < 1.29 is 13.2 Å². The summed E-state index contributed by atoms with van der Waals surface area (Å²) in [5.41, 5.74) is 3.91. The lowest BCUT2D eigenvalue weighted by Crippen LogP contribution is -2.28. The molecule has 4 rings (SSSR count). The van der Waals surface area contributed by atoms with Crippen molar-refractivity contribution in [2.75, 3.05) is 24.4 Å². The van der Waals surface area contributed by atoms with Gasteiger partial charge in [-0.3, -0.25) is 9.58 Å². The highest BCUT2D eigenvalue weighted by molar-refractivity contribution is 7.92. The van der Waals surface area contributed by atoms with Crippen LogP contribution in [0.15, 0.2) is 41.6 Å². The fourth-order valence-electron chi connectivity index (χ4n) is 4.35. The highest BCUT2D eigenvalue weighted by atomic mass is 32.2. The normalized spacial score (nSPS) is 16.9. The quantitative estimate of drug-likeness (QED) is 0.483. The minimum absolute atomic E-state index is 0.0199. The zero-order valence-electron chi connectivity index (χ0n) is 21.9. The van der Waals surface area contributed by atoms with Crippen molar-refractivity contribution >= 4 is 16.0 Å². The van der Waals surface area contributed by atoms with Crippen molar-refractivity contribution in [3.8, 4) is 17.1 Å². The van der Waals surface area contributed by atoms with E-state index in [-0.39, 0.29) is 22.4 Å². The smallest absolute Gasteiger partial charge is 0.267 e. The van der Waals surface area contributed by atoms with Crippen LogP contribution in [0.5, 0.6) is 5.88 Å². The van der Waals surface area contributed by atoms with Crippen LogP contribution in [0.2, 0.25) is 0 Å². The molecule has 1 aromatic carbocycles. The lowest BCUT2D eigenvalue weighted by atomic mass is 9.92. The number of anilines is 1. The Balaban J connectivity index is 1.62. The first-order valence-corrected chi connectivity index (χ1v) is 13.7. The average molecular weight is 513 g/mol. The average Bonchev–Trinajstić information content (AvgIpc) is 3.40. The molecule has 9 nitrogen and oxygen atoms in total. The molecular formula is C26H36N6O3S. The molecule has 1 unspecified atom stereocenters. The molecule has 36 heavy (non-hydrogen) atoms. The van der Waals surface area contributed by atoms with Crippen LogP contribution in [0.4, 0.5) is 5.95 Å².